The molecule has 0 spiro atoms. The van der Waals surface area contributed by atoms with Crippen molar-refractivity contribution >= 4 is 8.07 Å². The molecule has 1 aromatic carbocycles. The molecule has 1 N–H and O–H groups in total. The summed E-state index contributed by atoms with van der Waals surface area (Å²) in [6.07, 6.45) is 0. The van der Waals surface area contributed by atoms with Gasteiger partial charge in [-0.1, -0.05) is 50.0 Å². The molecular weight excluding hydrogens is 252 g/mol. The minimum atomic E-state index is -1.56. The zero-order valence-corrected chi connectivity index (χ0v) is 12.7. The van der Waals surface area contributed by atoms with Crippen LogP contribution >= 0.6 is 0 Å². The van der Waals surface area contributed by atoms with E-state index in [0.717, 1.165) is 0 Å². The fourth-order valence-electron chi connectivity index (χ4n) is 3.24. The lowest BCUT2D eigenvalue weighted by Crippen LogP contribution is -2.26. The van der Waals surface area contributed by atoms with Crippen LogP contribution in [0, 0.1) is 0 Å². The van der Waals surface area contributed by atoms with Gasteiger partial charge in [0.05, 0.1) is 27.2 Å². The average Bonchev–Trinajstić information content (AvgIpc) is 2.87. The first kappa shape index (κ1) is 12.7. The molecule has 3 rings (SSSR count). The minimum absolute atomic E-state index is 0.0282. The van der Waals surface area contributed by atoms with Gasteiger partial charge in [0.1, 0.15) is 5.76 Å². The third kappa shape index (κ3) is 1.97. The van der Waals surface area contributed by atoms with Crippen molar-refractivity contribution in [2.75, 3.05) is 13.2 Å². The maximum Gasteiger partial charge on any atom is 0.103 e. The molecule has 2 nitrogen and oxygen atoms in total. The molecule has 0 aromatic heterocycles. The smallest absolute Gasteiger partial charge is 0.103 e. The van der Waals surface area contributed by atoms with E-state index in [1.807, 2.05) is 18.2 Å². The number of allylic oxidation sites excluding steroid dienone is 1. The molecule has 0 bridgehead atoms. The van der Waals surface area contributed by atoms with E-state index in [2.05, 4.69) is 31.8 Å². The van der Waals surface area contributed by atoms with Crippen LogP contribution in [0.15, 0.2) is 52.4 Å². The third-order valence-corrected chi connectivity index (χ3v) is 6.01. The van der Waals surface area contributed by atoms with Crippen molar-refractivity contribution in [3.8, 4) is 0 Å². The van der Waals surface area contributed by atoms with Crippen LogP contribution in [0.3, 0.4) is 0 Å². The van der Waals surface area contributed by atoms with E-state index in [-0.39, 0.29) is 5.92 Å². The largest absolute Gasteiger partial charge is 0.511 e. The number of aliphatic hydroxyl groups excluding tert-OH is 1. The first-order valence-corrected chi connectivity index (χ1v) is 10.3. The Bertz CT molecular complexity index is 564. The lowest BCUT2D eigenvalue weighted by atomic mass is 9.92. The third-order valence-electron chi connectivity index (χ3n) is 3.95. The summed E-state index contributed by atoms with van der Waals surface area (Å²) in [4.78, 5) is 0. The minimum Gasteiger partial charge on any atom is -0.511 e. The number of ether oxygens (including phenoxy) is 1. The van der Waals surface area contributed by atoms with Gasteiger partial charge in [-0.2, -0.15) is 0 Å². The summed E-state index contributed by atoms with van der Waals surface area (Å²) in [5.41, 5.74) is 3.73. The molecule has 2 aliphatic rings. The number of hydrogen-bond acceptors (Lipinski definition) is 2. The van der Waals surface area contributed by atoms with Crippen LogP contribution < -0.4 is 0 Å². The lowest BCUT2D eigenvalue weighted by molar-refractivity contribution is 0.199. The molecule has 0 fully saturated rings. The van der Waals surface area contributed by atoms with Crippen LogP contribution in [-0.4, -0.2) is 26.4 Å². The molecule has 0 amide bonds. The first-order valence-electron chi connectivity index (χ1n) is 6.78. The van der Waals surface area contributed by atoms with Crippen LogP contribution in [0.5, 0.6) is 0 Å². The van der Waals surface area contributed by atoms with Crippen molar-refractivity contribution in [2.24, 2.45) is 0 Å². The lowest BCUT2D eigenvalue weighted by Gasteiger charge is -2.22. The Morgan fingerprint density at radius 1 is 1.11 bits per heavy atom. The predicted molar refractivity (Wildman–Crippen MR) is 80.0 cm³/mol. The molecule has 1 aromatic rings. The molecule has 0 radical (unpaired) electrons. The number of aliphatic hydroxyl groups is 1. The van der Waals surface area contributed by atoms with Crippen LogP contribution in [0.25, 0.3) is 0 Å². The summed E-state index contributed by atoms with van der Waals surface area (Å²) in [5, 5.41) is 12.0. The van der Waals surface area contributed by atoms with Crippen LogP contribution in [0.1, 0.15) is 11.5 Å². The Hall–Kier alpha value is -1.32. The second-order valence-corrected chi connectivity index (χ2v) is 11.4. The summed E-state index contributed by atoms with van der Waals surface area (Å²) in [6.45, 7) is 8.19. The Labute approximate surface area is 115 Å². The summed E-state index contributed by atoms with van der Waals surface area (Å²) >= 11 is 0. The van der Waals surface area contributed by atoms with Crippen LogP contribution in [-0.2, 0) is 4.74 Å². The average molecular weight is 272 g/mol. The van der Waals surface area contributed by atoms with Gasteiger partial charge < -0.3 is 9.84 Å². The molecule has 1 heterocycles. The van der Waals surface area contributed by atoms with Crippen LogP contribution in [0.4, 0.5) is 0 Å². The zero-order chi connectivity index (χ0) is 13.6. The van der Waals surface area contributed by atoms with Gasteiger partial charge in [0.25, 0.3) is 0 Å². The molecule has 1 atom stereocenters. The summed E-state index contributed by atoms with van der Waals surface area (Å²) in [7, 11) is -1.56. The van der Waals surface area contributed by atoms with E-state index in [0.29, 0.717) is 19.0 Å². The molecular formula is C16H20O2Si. The zero-order valence-electron chi connectivity index (χ0n) is 11.7. The van der Waals surface area contributed by atoms with Gasteiger partial charge in [-0.25, -0.2) is 0 Å². The van der Waals surface area contributed by atoms with Gasteiger partial charge in [-0.15, -0.1) is 0 Å². The van der Waals surface area contributed by atoms with Crippen molar-refractivity contribution in [3.05, 3.63) is 58.0 Å². The number of benzene rings is 1. The highest BCUT2D eigenvalue weighted by molar-refractivity contribution is 6.84. The van der Waals surface area contributed by atoms with Crippen LogP contribution in [0.2, 0.25) is 19.6 Å². The molecule has 1 aliphatic heterocycles. The van der Waals surface area contributed by atoms with Gasteiger partial charge >= 0.3 is 0 Å². The Morgan fingerprint density at radius 2 is 1.79 bits per heavy atom. The van der Waals surface area contributed by atoms with Crippen molar-refractivity contribution < 1.29 is 9.84 Å². The fourth-order valence-corrected chi connectivity index (χ4v) is 5.29. The topological polar surface area (TPSA) is 29.5 Å². The molecule has 1 unspecified atom stereocenters. The normalized spacial score (nSPS) is 23.2. The summed E-state index contributed by atoms with van der Waals surface area (Å²) in [5.74, 6) is 0.610. The monoisotopic (exact) mass is 272 g/mol. The SMILES string of the molecule is C[Si](C)(C)C1=C(O)C(c2ccccc2)C2=C1COC2. The Balaban J connectivity index is 2.14. The van der Waals surface area contributed by atoms with Gasteiger partial charge in [0.15, 0.2) is 0 Å². The maximum atomic E-state index is 10.8. The number of hydrogen-bond donors (Lipinski definition) is 1. The molecule has 0 saturated heterocycles. The van der Waals surface area contributed by atoms with Crippen molar-refractivity contribution in [1.29, 1.82) is 0 Å². The fraction of sp³-hybridized carbons (Fsp3) is 0.375. The van der Waals surface area contributed by atoms with Crippen molar-refractivity contribution in [3.63, 3.8) is 0 Å². The Morgan fingerprint density at radius 3 is 2.42 bits per heavy atom. The summed E-state index contributed by atoms with van der Waals surface area (Å²) < 4.78 is 5.64. The van der Waals surface area contributed by atoms with E-state index < -0.39 is 8.07 Å². The standard InChI is InChI=1S/C16H20O2Si/c1-19(2,3)16-13-10-18-9-12(13)14(15(16)17)11-7-5-4-6-8-11/h4-8,14,17H,9-10H2,1-3H3. The highest BCUT2D eigenvalue weighted by Gasteiger charge is 2.42. The Kier molecular flexibility index (Phi) is 2.91. The van der Waals surface area contributed by atoms with Gasteiger partial charge in [-0.3, -0.25) is 0 Å². The van der Waals surface area contributed by atoms with E-state index in [9.17, 15) is 5.11 Å². The maximum absolute atomic E-state index is 10.8. The van der Waals surface area contributed by atoms with Crippen molar-refractivity contribution in [1.82, 2.24) is 0 Å². The quantitative estimate of drug-likeness (QED) is 0.830. The van der Waals surface area contributed by atoms with E-state index >= 15 is 0 Å². The van der Waals surface area contributed by atoms with E-state index in [4.69, 9.17) is 4.74 Å². The molecule has 1 aliphatic carbocycles. The van der Waals surface area contributed by atoms with E-state index in [1.54, 1.807) is 0 Å². The second kappa shape index (κ2) is 4.36. The predicted octanol–water partition coefficient (Wildman–Crippen LogP) is 3.80. The first-order chi connectivity index (χ1) is 9.00. The molecule has 3 heteroatoms. The van der Waals surface area contributed by atoms with Crippen molar-refractivity contribution in [2.45, 2.75) is 25.6 Å². The highest BCUT2D eigenvalue weighted by Crippen LogP contribution is 2.47. The second-order valence-electron chi connectivity index (χ2n) is 6.35. The molecule has 19 heavy (non-hydrogen) atoms. The highest BCUT2D eigenvalue weighted by atomic mass is 28.3. The number of rotatable bonds is 2. The van der Waals surface area contributed by atoms with Gasteiger partial charge in [-0.05, 0) is 21.9 Å². The molecule has 100 valence electrons. The summed E-state index contributed by atoms with van der Waals surface area (Å²) in [6, 6.07) is 10.3. The van der Waals surface area contributed by atoms with E-state index in [1.165, 1.54) is 21.9 Å². The molecule has 0 saturated carbocycles. The van der Waals surface area contributed by atoms with Gasteiger partial charge in [0.2, 0.25) is 0 Å². The van der Waals surface area contributed by atoms with Gasteiger partial charge in [0, 0.05) is 0 Å².